The van der Waals surface area contributed by atoms with E-state index >= 15 is 0 Å². The molecule has 0 aromatic carbocycles. The zero-order chi connectivity index (χ0) is 12.8. The molecular weight excluding hydrogens is 242 g/mol. The summed E-state index contributed by atoms with van der Waals surface area (Å²) in [6, 6.07) is 0.874. The molecule has 4 rings (SSSR count). The smallest absolute Gasteiger partial charge is 0.271 e. The molecule has 0 radical (unpaired) electrons. The molecule has 2 aromatic heterocycles. The Morgan fingerprint density at radius 3 is 3.16 bits per heavy atom. The van der Waals surface area contributed by atoms with Gasteiger partial charge in [0.15, 0.2) is 0 Å². The van der Waals surface area contributed by atoms with Crippen LogP contribution < -0.4 is 10.6 Å². The van der Waals surface area contributed by atoms with Gasteiger partial charge in [-0.15, -0.1) is 0 Å². The van der Waals surface area contributed by atoms with Gasteiger partial charge in [0.1, 0.15) is 5.69 Å². The summed E-state index contributed by atoms with van der Waals surface area (Å²) in [7, 11) is 0. The molecule has 2 N–H and O–H groups in total. The average molecular weight is 257 g/mol. The summed E-state index contributed by atoms with van der Waals surface area (Å²) in [6.07, 6.45) is 9.00. The first-order valence-electron chi connectivity index (χ1n) is 6.61. The van der Waals surface area contributed by atoms with E-state index in [0.717, 1.165) is 18.5 Å². The van der Waals surface area contributed by atoms with Gasteiger partial charge in [0.2, 0.25) is 0 Å². The second-order valence-electron chi connectivity index (χ2n) is 5.41. The van der Waals surface area contributed by atoms with E-state index in [9.17, 15) is 4.79 Å². The third-order valence-corrected chi connectivity index (χ3v) is 4.21. The largest absolute Gasteiger partial charge is 0.348 e. The SMILES string of the molecule is O=C(NC1CC2CC1CN2)c1cn2cncc2cn1. The van der Waals surface area contributed by atoms with Crippen LogP contribution in [0, 0.1) is 5.92 Å². The summed E-state index contributed by atoms with van der Waals surface area (Å²) in [5.41, 5.74) is 1.34. The molecule has 2 aromatic rings. The Kier molecular flexibility index (Phi) is 2.32. The van der Waals surface area contributed by atoms with E-state index in [4.69, 9.17) is 0 Å². The lowest BCUT2D eigenvalue weighted by Gasteiger charge is -2.23. The van der Waals surface area contributed by atoms with Crippen LogP contribution in [0.25, 0.3) is 5.52 Å². The summed E-state index contributed by atoms with van der Waals surface area (Å²) in [5, 5.41) is 6.55. The van der Waals surface area contributed by atoms with Gasteiger partial charge in [0.05, 0.1) is 24.2 Å². The summed E-state index contributed by atoms with van der Waals surface area (Å²) in [6.45, 7) is 1.02. The first kappa shape index (κ1) is 10.9. The number of imidazole rings is 1. The highest BCUT2D eigenvalue weighted by molar-refractivity contribution is 5.92. The molecule has 19 heavy (non-hydrogen) atoms. The Morgan fingerprint density at radius 2 is 2.37 bits per heavy atom. The topological polar surface area (TPSA) is 71.3 Å². The second-order valence-corrected chi connectivity index (χ2v) is 5.41. The lowest BCUT2D eigenvalue weighted by atomic mass is 10.0. The van der Waals surface area contributed by atoms with Gasteiger partial charge < -0.3 is 15.0 Å². The Bertz CT molecular complexity index is 637. The highest BCUT2D eigenvalue weighted by Gasteiger charge is 2.40. The third-order valence-electron chi connectivity index (χ3n) is 4.21. The molecule has 98 valence electrons. The molecule has 1 aliphatic heterocycles. The van der Waals surface area contributed by atoms with E-state index in [1.54, 1.807) is 24.9 Å². The Balaban J connectivity index is 1.53. The van der Waals surface area contributed by atoms with Crippen molar-refractivity contribution >= 4 is 11.4 Å². The number of fused-ring (bicyclic) bond motifs is 3. The molecular formula is C13H15N5O. The number of nitrogens with one attached hydrogen (secondary N) is 2. The molecule has 1 saturated carbocycles. The Labute approximate surface area is 110 Å². The van der Waals surface area contributed by atoms with E-state index in [0.29, 0.717) is 23.7 Å². The molecule has 6 nitrogen and oxygen atoms in total. The van der Waals surface area contributed by atoms with Gasteiger partial charge in [0, 0.05) is 24.8 Å². The monoisotopic (exact) mass is 257 g/mol. The number of aromatic nitrogens is 3. The number of hydrogen-bond donors (Lipinski definition) is 2. The predicted molar refractivity (Wildman–Crippen MR) is 68.8 cm³/mol. The van der Waals surface area contributed by atoms with Gasteiger partial charge in [0.25, 0.3) is 5.91 Å². The van der Waals surface area contributed by atoms with Crippen LogP contribution in [0.3, 0.4) is 0 Å². The molecule has 2 aliphatic rings. The summed E-state index contributed by atoms with van der Waals surface area (Å²) in [5.74, 6) is 0.485. The van der Waals surface area contributed by atoms with Crippen LogP contribution in [-0.2, 0) is 0 Å². The lowest BCUT2D eigenvalue weighted by molar-refractivity contribution is 0.0919. The van der Waals surface area contributed by atoms with Crippen LogP contribution in [0.5, 0.6) is 0 Å². The number of nitrogens with zero attached hydrogens (tertiary/aromatic N) is 3. The number of rotatable bonds is 2. The van der Waals surface area contributed by atoms with Crippen molar-refractivity contribution < 1.29 is 4.79 Å². The highest BCUT2D eigenvalue weighted by Crippen LogP contribution is 2.31. The molecule has 1 aliphatic carbocycles. The van der Waals surface area contributed by atoms with Gasteiger partial charge in [-0.2, -0.15) is 0 Å². The molecule has 2 fully saturated rings. The van der Waals surface area contributed by atoms with E-state index < -0.39 is 0 Å². The quantitative estimate of drug-likeness (QED) is 0.807. The first-order chi connectivity index (χ1) is 9.29. The van der Waals surface area contributed by atoms with Crippen molar-refractivity contribution in [1.82, 2.24) is 25.0 Å². The third kappa shape index (κ3) is 1.79. The second kappa shape index (κ2) is 4.03. The van der Waals surface area contributed by atoms with Crippen LogP contribution in [0.2, 0.25) is 0 Å². The predicted octanol–water partition coefficient (Wildman–Crippen LogP) is 0.209. The lowest BCUT2D eigenvalue weighted by Crippen LogP contribution is -2.44. The fourth-order valence-corrected chi connectivity index (χ4v) is 3.20. The standard InChI is InChI=1S/C13H15N5O/c19-13(17-11-2-9-1-8(11)3-15-9)12-6-18-7-14-4-10(18)5-16-12/h4-9,11,15H,1-3H2,(H,17,19). The number of carbonyl (C=O) groups excluding carboxylic acids is 1. The summed E-state index contributed by atoms with van der Waals surface area (Å²) < 4.78 is 1.81. The van der Waals surface area contributed by atoms with Crippen LogP contribution in [-0.4, -0.2) is 38.9 Å². The van der Waals surface area contributed by atoms with Crippen molar-refractivity contribution in [2.75, 3.05) is 6.54 Å². The maximum absolute atomic E-state index is 12.2. The fourth-order valence-electron chi connectivity index (χ4n) is 3.20. The van der Waals surface area contributed by atoms with Crippen molar-refractivity contribution in [3.8, 4) is 0 Å². The van der Waals surface area contributed by atoms with Gasteiger partial charge in [-0.3, -0.25) is 4.79 Å². The summed E-state index contributed by atoms with van der Waals surface area (Å²) >= 11 is 0. The maximum atomic E-state index is 12.2. The minimum absolute atomic E-state index is 0.0897. The fraction of sp³-hybridized carbons (Fsp3) is 0.462. The number of piperidine rings is 1. The maximum Gasteiger partial charge on any atom is 0.271 e. The van der Waals surface area contributed by atoms with Crippen LogP contribution in [0.1, 0.15) is 23.3 Å². The number of hydrogen-bond acceptors (Lipinski definition) is 4. The molecule has 6 heteroatoms. The Hall–Kier alpha value is -1.95. The molecule has 0 spiro atoms. The Morgan fingerprint density at radius 1 is 1.42 bits per heavy atom. The number of carbonyl (C=O) groups is 1. The van der Waals surface area contributed by atoms with Gasteiger partial charge in [-0.25, -0.2) is 9.97 Å². The van der Waals surface area contributed by atoms with E-state index in [1.807, 2.05) is 4.40 Å². The van der Waals surface area contributed by atoms with E-state index in [-0.39, 0.29) is 5.91 Å². The highest BCUT2D eigenvalue weighted by atomic mass is 16.2. The molecule has 3 atom stereocenters. The zero-order valence-electron chi connectivity index (χ0n) is 10.4. The molecule has 2 bridgehead atoms. The van der Waals surface area contributed by atoms with Crippen molar-refractivity contribution in [2.24, 2.45) is 5.92 Å². The first-order valence-corrected chi connectivity index (χ1v) is 6.61. The van der Waals surface area contributed by atoms with Crippen molar-refractivity contribution in [3.63, 3.8) is 0 Å². The zero-order valence-corrected chi connectivity index (χ0v) is 10.4. The molecule has 3 unspecified atom stereocenters. The van der Waals surface area contributed by atoms with Crippen molar-refractivity contribution in [1.29, 1.82) is 0 Å². The van der Waals surface area contributed by atoms with Gasteiger partial charge in [-0.1, -0.05) is 0 Å². The normalized spacial score (nSPS) is 28.9. The van der Waals surface area contributed by atoms with Crippen LogP contribution in [0.15, 0.2) is 24.9 Å². The van der Waals surface area contributed by atoms with Crippen LogP contribution >= 0.6 is 0 Å². The minimum Gasteiger partial charge on any atom is -0.348 e. The molecule has 1 amide bonds. The molecule has 1 saturated heterocycles. The molecule has 3 heterocycles. The number of amides is 1. The average Bonchev–Trinajstić information content (AvgIpc) is 3.13. The van der Waals surface area contributed by atoms with Gasteiger partial charge >= 0.3 is 0 Å². The summed E-state index contributed by atoms with van der Waals surface area (Å²) in [4.78, 5) is 20.4. The van der Waals surface area contributed by atoms with Crippen molar-refractivity contribution in [3.05, 3.63) is 30.6 Å². The van der Waals surface area contributed by atoms with E-state index in [2.05, 4.69) is 20.6 Å². The van der Waals surface area contributed by atoms with Crippen LogP contribution in [0.4, 0.5) is 0 Å². The van der Waals surface area contributed by atoms with E-state index in [1.165, 1.54) is 6.42 Å². The van der Waals surface area contributed by atoms with Crippen molar-refractivity contribution in [2.45, 2.75) is 24.9 Å². The van der Waals surface area contributed by atoms with Gasteiger partial charge in [-0.05, 0) is 18.8 Å². The minimum atomic E-state index is -0.0897.